The Hall–Kier alpha value is -1.85. The molecular weight excluding hydrogens is 234 g/mol. The van der Waals surface area contributed by atoms with E-state index in [1.165, 1.54) is 4.68 Å². The smallest absolute Gasteiger partial charge is 0.326 e. The maximum atomic E-state index is 11.9. The molecule has 18 heavy (non-hydrogen) atoms. The van der Waals surface area contributed by atoms with Crippen molar-refractivity contribution in [3.05, 3.63) is 18.5 Å². The van der Waals surface area contributed by atoms with Gasteiger partial charge in [0.2, 0.25) is 5.91 Å². The first-order valence-corrected chi connectivity index (χ1v) is 5.94. The second kappa shape index (κ2) is 6.18. The van der Waals surface area contributed by atoms with Crippen LogP contribution in [-0.2, 0) is 9.59 Å². The lowest BCUT2D eigenvalue weighted by Gasteiger charge is -2.19. The summed E-state index contributed by atoms with van der Waals surface area (Å²) in [5.41, 5.74) is 0. The summed E-state index contributed by atoms with van der Waals surface area (Å²) in [6.07, 6.45) is 3.65. The minimum Gasteiger partial charge on any atom is -0.480 e. The molecule has 0 aromatic carbocycles. The molecule has 2 N–H and O–H groups in total. The molecule has 0 aliphatic rings. The minimum absolute atomic E-state index is 0.200. The fourth-order valence-corrected chi connectivity index (χ4v) is 1.62. The van der Waals surface area contributed by atoms with Gasteiger partial charge in [0.15, 0.2) is 0 Å². The lowest BCUT2D eigenvalue weighted by atomic mass is 10.0. The van der Waals surface area contributed by atoms with E-state index in [1.54, 1.807) is 25.4 Å². The standard InChI is InChI=1S/C12H19N3O3/c1-8(2)7-10(12(17)18)14-11(16)9(3)15-6-4-5-13-15/h4-6,8-10H,7H2,1-3H3,(H,14,16)(H,17,18)/t9?,10-/m0/s1. The molecule has 1 aromatic rings. The third-order valence-electron chi connectivity index (χ3n) is 2.62. The van der Waals surface area contributed by atoms with Crippen molar-refractivity contribution in [1.82, 2.24) is 15.1 Å². The Labute approximate surface area is 106 Å². The van der Waals surface area contributed by atoms with E-state index < -0.39 is 18.1 Å². The number of aliphatic carboxylic acids is 1. The van der Waals surface area contributed by atoms with Gasteiger partial charge in [0.25, 0.3) is 0 Å². The molecule has 0 aliphatic carbocycles. The summed E-state index contributed by atoms with van der Waals surface area (Å²) < 4.78 is 1.49. The molecule has 1 amide bonds. The van der Waals surface area contributed by atoms with Crippen molar-refractivity contribution in [3.8, 4) is 0 Å². The zero-order valence-electron chi connectivity index (χ0n) is 10.8. The highest BCUT2D eigenvalue weighted by atomic mass is 16.4. The molecule has 1 aromatic heterocycles. The normalized spacial score (nSPS) is 14.2. The third kappa shape index (κ3) is 3.87. The summed E-state index contributed by atoms with van der Waals surface area (Å²) in [5.74, 6) is -1.15. The first-order chi connectivity index (χ1) is 8.41. The van der Waals surface area contributed by atoms with Crippen LogP contribution in [0, 0.1) is 5.92 Å². The third-order valence-corrected chi connectivity index (χ3v) is 2.62. The van der Waals surface area contributed by atoms with Gasteiger partial charge in [-0.05, 0) is 25.3 Å². The highest BCUT2D eigenvalue weighted by Gasteiger charge is 2.24. The molecule has 100 valence electrons. The average Bonchev–Trinajstić information content (AvgIpc) is 2.79. The Kier molecular flexibility index (Phi) is 4.88. The van der Waals surface area contributed by atoms with Crippen LogP contribution in [0.15, 0.2) is 18.5 Å². The van der Waals surface area contributed by atoms with E-state index >= 15 is 0 Å². The van der Waals surface area contributed by atoms with Crippen molar-refractivity contribution in [2.45, 2.75) is 39.3 Å². The van der Waals surface area contributed by atoms with E-state index in [9.17, 15) is 9.59 Å². The first-order valence-electron chi connectivity index (χ1n) is 5.94. The van der Waals surface area contributed by atoms with Crippen LogP contribution in [0.3, 0.4) is 0 Å². The number of nitrogens with zero attached hydrogens (tertiary/aromatic N) is 2. The van der Waals surface area contributed by atoms with Crippen molar-refractivity contribution >= 4 is 11.9 Å². The van der Waals surface area contributed by atoms with Gasteiger partial charge < -0.3 is 10.4 Å². The summed E-state index contributed by atoms with van der Waals surface area (Å²) in [4.78, 5) is 22.9. The number of carbonyl (C=O) groups is 2. The Morgan fingerprint density at radius 2 is 2.06 bits per heavy atom. The quantitative estimate of drug-likeness (QED) is 0.794. The van der Waals surface area contributed by atoms with Crippen molar-refractivity contribution in [2.75, 3.05) is 0 Å². The number of aromatic nitrogens is 2. The topological polar surface area (TPSA) is 84.2 Å². The molecule has 1 heterocycles. The number of carboxylic acid groups (broad SMARTS) is 1. The van der Waals surface area contributed by atoms with E-state index in [4.69, 9.17) is 5.11 Å². The van der Waals surface area contributed by atoms with Crippen LogP contribution in [0.4, 0.5) is 0 Å². The molecule has 1 unspecified atom stereocenters. The maximum Gasteiger partial charge on any atom is 0.326 e. The Morgan fingerprint density at radius 1 is 1.39 bits per heavy atom. The molecular formula is C12H19N3O3. The summed E-state index contributed by atoms with van der Waals surface area (Å²) in [7, 11) is 0. The zero-order valence-corrected chi connectivity index (χ0v) is 10.8. The largest absolute Gasteiger partial charge is 0.480 e. The monoisotopic (exact) mass is 253 g/mol. The van der Waals surface area contributed by atoms with Gasteiger partial charge in [0, 0.05) is 12.4 Å². The van der Waals surface area contributed by atoms with Crippen molar-refractivity contribution in [2.24, 2.45) is 5.92 Å². The van der Waals surface area contributed by atoms with Crippen molar-refractivity contribution in [1.29, 1.82) is 0 Å². The van der Waals surface area contributed by atoms with Gasteiger partial charge in [0.1, 0.15) is 12.1 Å². The SMILES string of the molecule is CC(C)C[C@H](NC(=O)C(C)n1cccn1)C(=O)O. The second-order valence-corrected chi connectivity index (χ2v) is 4.69. The Bertz CT molecular complexity index is 401. The fourth-order valence-electron chi connectivity index (χ4n) is 1.62. The van der Waals surface area contributed by atoms with Crippen LogP contribution in [0.25, 0.3) is 0 Å². The van der Waals surface area contributed by atoms with Gasteiger partial charge in [-0.1, -0.05) is 13.8 Å². The highest BCUT2D eigenvalue weighted by molar-refractivity contribution is 5.85. The van der Waals surface area contributed by atoms with E-state index in [0.29, 0.717) is 6.42 Å². The van der Waals surface area contributed by atoms with E-state index in [-0.39, 0.29) is 11.8 Å². The fraction of sp³-hybridized carbons (Fsp3) is 0.583. The molecule has 1 rings (SSSR count). The predicted octanol–water partition coefficient (Wildman–Crippen LogP) is 1.06. The number of rotatable bonds is 6. The van der Waals surface area contributed by atoms with Crippen LogP contribution in [-0.4, -0.2) is 32.8 Å². The number of hydrogen-bond donors (Lipinski definition) is 2. The molecule has 6 nitrogen and oxygen atoms in total. The average molecular weight is 253 g/mol. The van der Waals surface area contributed by atoms with Gasteiger partial charge in [-0.2, -0.15) is 5.10 Å². The summed E-state index contributed by atoms with van der Waals surface area (Å²) >= 11 is 0. The number of nitrogens with one attached hydrogen (secondary N) is 1. The highest BCUT2D eigenvalue weighted by Crippen LogP contribution is 2.08. The van der Waals surface area contributed by atoms with E-state index in [0.717, 1.165) is 0 Å². The number of carboxylic acids is 1. The predicted molar refractivity (Wildman–Crippen MR) is 66.0 cm³/mol. The Morgan fingerprint density at radius 3 is 2.50 bits per heavy atom. The second-order valence-electron chi connectivity index (χ2n) is 4.69. The number of amides is 1. The summed E-state index contributed by atoms with van der Waals surface area (Å²) in [5, 5.41) is 15.5. The first kappa shape index (κ1) is 14.2. The number of hydrogen-bond acceptors (Lipinski definition) is 3. The van der Waals surface area contributed by atoms with Crippen LogP contribution < -0.4 is 5.32 Å². The van der Waals surface area contributed by atoms with Gasteiger partial charge in [-0.15, -0.1) is 0 Å². The lowest BCUT2D eigenvalue weighted by Crippen LogP contribution is -2.44. The summed E-state index contributed by atoms with van der Waals surface area (Å²) in [6.45, 7) is 5.51. The van der Waals surface area contributed by atoms with Gasteiger partial charge in [-0.3, -0.25) is 9.48 Å². The molecule has 0 spiro atoms. The molecule has 0 radical (unpaired) electrons. The Balaban J connectivity index is 2.64. The summed E-state index contributed by atoms with van der Waals surface area (Å²) in [6, 6.07) is 0.344. The molecule has 0 bridgehead atoms. The van der Waals surface area contributed by atoms with Gasteiger partial charge in [0.05, 0.1) is 0 Å². The molecule has 0 aliphatic heterocycles. The van der Waals surface area contributed by atoms with Gasteiger partial charge in [-0.25, -0.2) is 4.79 Å². The molecule has 0 fully saturated rings. The minimum atomic E-state index is -1.01. The van der Waals surface area contributed by atoms with Crippen LogP contribution in [0.2, 0.25) is 0 Å². The van der Waals surface area contributed by atoms with Crippen molar-refractivity contribution in [3.63, 3.8) is 0 Å². The van der Waals surface area contributed by atoms with E-state index in [2.05, 4.69) is 10.4 Å². The zero-order chi connectivity index (χ0) is 13.7. The lowest BCUT2D eigenvalue weighted by molar-refractivity contribution is -0.142. The molecule has 2 atom stereocenters. The molecule has 0 saturated heterocycles. The van der Waals surface area contributed by atoms with Crippen LogP contribution in [0.1, 0.15) is 33.2 Å². The molecule has 0 saturated carbocycles. The van der Waals surface area contributed by atoms with E-state index in [1.807, 2.05) is 13.8 Å². The number of carbonyl (C=O) groups excluding carboxylic acids is 1. The van der Waals surface area contributed by atoms with Gasteiger partial charge >= 0.3 is 5.97 Å². The van der Waals surface area contributed by atoms with Crippen LogP contribution in [0.5, 0.6) is 0 Å². The molecule has 6 heteroatoms. The van der Waals surface area contributed by atoms with Crippen LogP contribution >= 0.6 is 0 Å². The maximum absolute atomic E-state index is 11.9. The van der Waals surface area contributed by atoms with Crippen molar-refractivity contribution < 1.29 is 14.7 Å².